The molecule has 0 saturated carbocycles. The van der Waals surface area contributed by atoms with E-state index in [0.29, 0.717) is 11.1 Å². The molecule has 0 aliphatic heterocycles. The molecule has 0 radical (unpaired) electrons. The van der Waals surface area contributed by atoms with E-state index in [1.165, 1.54) is 6.07 Å². The second-order valence-electron chi connectivity index (χ2n) is 7.42. The Balaban J connectivity index is 1.81. The van der Waals surface area contributed by atoms with Crippen LogP contribution in [0.5, 0.6) is 5.75 Å². The maximum absolute atomic E-state index is 14.9. The van der Waals surface area contributed by atoms with Crippen molar-refractivity contribution >= 4 is 0 Å². The van der Waals surface area contributed by atoms with Gasteiger partial charge in [-0.3, -0.25) is 0 Å². The first-order valence-electron chi connectivity index (χ1n) is 10.0. The molecule has 0 unspecified atom stereocenters. The van der Waals surface area contributed by atoms with E-state index in [-0.39, 0.29) is 12.0 Å². The zero-order valence-corrected chi connectivity index (χ0v) is 17.3. The summed E-state index contributed by atoms with van der Waals surface area (Å²) in [4.78, 5) is 0. The predicted octanol–water partition coefficient (Wildman–Crippen LogP) is 7.91. The van der Waals surface area contributed by atoms with E-state index >= 15 is 0 Å². The third-order valence-corrected chi connectivity index (χ3v) is 5.12. The summed E-state index contributed by atoms with van der Waals surface area (Å²) in [5.41, 5.74) is 1.79. The Hall–Kier alpha value is -2.89. The number of alkyl halides is 4. The highest BCUT2D eigenvalue weighted by Gasteiger charge is 2.34. The van der Waals surface area contributed by atoms with Gasteiger partial charge >= 0.3 is 6.11 Å². The third-order valence-electron chi connectivity index (χ3n) is 5.12. The van der Waals surface area contributed by atoms with Gasteiger partial charge in [0.15, 0.2) is 0 Å². The Morgan fingerprint density at radius 1 is 0.871 bits per heavy atom. The molecular formula is C25H23F5O. The van der Waals surface area contributed by atoms with Gasteiger partial charge in [0.2, 0.25) is 0 Å². The summed E-state index contributed by atoms with van der Waals surface area (Å²) in [7, 11) is 0. The summed E-state index contributed by atoms with van der Waals surface area (Å²) in [6.45, 7) is 3.82. The molecule has 3 rings (SSSR count). The molecule has 0 bridgehead atoms. The summed E-state index contributed by atoms with van der Waals surface area (Å²) in [5, 5.41) is 0. The lowest BCUT2D eigenvalue weighted by Crippen LogP contribution is -2.26. The van der Waals surface area contributed by atoms with Crippen molar-refractivity contribution in [2.45, 2.75) is 45.6 Å². The Labute approximate surface area is 178 Å². The molecular weight excluding hydrogens is 411 g/mol. The molecule has 0 aromatic heterocycles. The summed E-state index contributed by atoms with van der Waals surface area (Å²) in [5.74, 6) is -2.11. The fraction of sp³-hybridized carbons (Fsp3) is 0.280. The maximum Gasteiger partial charge on any atom is 0.398 e. The van der Waals surface area contributed by atoms with Crippen molar-refractivity contribution < 1.29 is 26.7 Å². The minimum absolute atomic E-state index is 0.00899. The van der Waals surface area contributed by atoms with Crippen molar-refractivity contribution in [1.82, 2.24) is 0 Å². The summed E-state index contributed by atoms with van der Waals surface area (Å²) >= 11 is 0. The summed E-state index contributed by atoms with van der Waals surface area (Å²) < 4.78 is 75.4. The molecule has 0 amide bonds. The molecule has 3 aromatic rings. The molecule has 1 nitrogen and oxygen atoms in total. The largest absolute Gasteiger partial charge is 0.432 e. The average Bonchev–Trinajstić information content (AvgIpc) is 2.73. The summed E-state index contributed by atoms with van der Waals surface area (Å²) in [6.07, 6.45) is -6.93. The maximum atomic E-state index is 14.9. The Morgan fingerprint density at radius 2 is 1.48 bits per heavy atom. The summed E-state index contributed by atoms with van der Waals surface area (Å²) in [6, 6.07) is 15.9. The standard InChI is InChI=1S/C25H23F5O/c1-3-17-6-8-18(9-7-17)14-15-25(29,30)31-21-13-12-20(23(26)22(21)24(27)28)19-10-4-16(2)5-11-19/h4-13,24H,3,14-15H2,1-2H3. The first kappa shape index (κ1) is 22.8. The fourth-order valence-corrected chi connectivity index (χ4v) is 3.27. The highest BCUT2D eigenvalue weighted by atomic mass is 19.3. The molecule has 0 N–H and O–H groups in total. The van der Waals surface area contributed by atoms with E-state index in [9.17, 15) is 22.0 Å². The molecule has 0 atom stereocenters. The number of benzene rings is 3. The van der Waals surface area contributed by atoms with Crippen molar-refractivity contribution in [3.63, 3.8) is 0 Å². The highest BCUT2D eigenvalue weighted by Crippen LogP contribution is 2.39. The van der Waals surface area contributed by atoms with E-state index in [2.05, 4.69) is 4.74 Å². The number of hydrogen-bond acceptors (Lipinski definition) is 1. The van der Waals surface area contributed by atoms with Crippen LogP contribution >= 0.6 is 0 Å². The second kappa shape index (κ2) is 9.50. The van der Waals surface area contributed by atoms with Gasteiger partial charge in [0.05, 0.1) is 12.0 Å². The van der Waals surface area contributed by atoms with Crippen molar-refractivity contribution in [3.8, 4) is 16.9 Å². The molecule has 6 heteroatoms. The first-order chi connectivity index (χ1) is 14.7. The van der Waals surface area contributed by atoms with Gasteiger partial charge in [-0.1, -0.05) is 61.0 Å². The fourth-order valence-electron chi connectivity index (χ4n) is 3.27. The predicted molar refractivity (Wildman–Crippen MR) is 111 cm³/mol. The average molecular weight is 434 g/mol. The van der Waals surface area contributed by atoms with E-state index in [1.807, 2.05) is 26.0 Å². The van der Waals surface area contributed by atoms with Crippen LogP contribution in [0, 0.1) is 12.7 Å². The van der Waals surface area contributed by atoms with Gasteiger partial charge in [-0.15, -0.1) is 0 Å². The molecule has 0 heterocycles. The minimum Gasteiger partial charge on any atom is -0.432 e. The van der Waals surface area contributed by atoms with Gasteiger partial charge < -0.3 is 4.74 Å². The zero-order chi connectivity index (χ0) is 22.6. The van der Waals surface area contributed by atoms with Crippen LogP contribution in [0.3, 0.4) is 0 Å². The van der Waals surface area contributed by atoms with Gasteiger partial charge in [0, 0.05) is 5.56 Å². The smallest absolute Gasteiger partial charge is 0.398 e. The van der Waals surface area contributed by atoms with Crippen molar-refractivity contribution in [3.05, 3.63) is 88.7 Å². The molecule has 0 aliphatic carbocycles. The van der Waals surface area contributed by atoms with Crippen molar-refractivity contribution in [2.24, 2.45) is 0 Å². The monoisotopic (exact) mass is 434 g/mol. The highest BCUT2D eigenvalue weighted by molar-refractivity contribution is 5.67. The third kappa shape index (κ3) is 5.63. The van der Waals surface area contributed by atoms with Crippen molar-refractivity contribution in [2.75, 3.05) is 0 Å². The van der Waals surface area contributed by atoms with E-state index < -0.39 is 36.1 Å². The second-order valence-corrected chi connectivity index (χ2v) is 7.42. The molecule has 0 spiro atoms. The Bertz CT molecular complexity index is 1010. The van der Waals surface area contributed by atoms with Gasteiger partial charge in [-0.2, -0.15) is 8.78 Å². The number of halogens is 5. The molecule has 3 aromatic carbocycles. The van der Waals surface area contributed by atoms with Crippen LogP contribution in [0.25, 0.3) is 11.1 Å². The lowest BCUT2D eigenvalue weighted by Gasteiger charge is -2.21. The van der Waals surface area contributed by atoms with Crippen LogP contribution in [0.2, 0.25) is 0 Å². The lowest BCUT2D eigenvalue weighted by atomic mass is 10.0. The van der Waals surface area contributed by atoms with Crippen molar-refractivity contribution in [1.29, 1.82) is 0 Å². The van der Waals surface area contributed by atoms with Crippen LogP contribution < -0.4 is 4.74 Å². The van der Waals surface area contributed by atoms with Crippen LogP contribution in [-0.4, -0.2) is 6.11 Å². The number of ether oxygens (including phenoxy) is 1. The van der Waals surface area contributed by atoms with Gasteiger partial charge in [-0.05, 0) is 48.6 Å². The van der Waals surface area contributed by atoms with Crippen LogP contribution in [-0.2, 0) is 12.8 Å². The Morgan fingerprint density at radius 3 is 2.06 bits per heavy atom. The molecule has 164 valence electrons. The normalized spacial score (nSPS) is 11.7. The zero-order valence-electron chi connectivity index (χ0n) is 17.3. The minimum atomic E-state index is -3.73. The van der Waals surface area contributed by atoms with Crippen LogP contribution in [0.15, 0.2) is 60.7 Å². The number of rotatable bonds is 8. The topological polar surface area (TPSA) is 9.23 Å². The van der Waals surface area contributed by atoms with Gasteiger partial charge in [-0.25, -0.2) is 13.2 Å². The Kier molecular flexibility index (Phi) is 6.98. The van der Waals surface area contributed by atoms with Crippen LogP contribution in [0.4, 0.5) is 22.0 Å². The SMILES string of the molecule is CCc1ccc(CCC(F)(F)Oc2ccc(-c3ccc(C)cc3)c(F)c2C(F)F)cc1. The first-order valence-corrected chi connectivity index (χ1v) is 10.0. The molecule has 0 fully saturated rings. The number of hydrogen-bond donors (Lipinski definition) is 0. The lowest BCUT2D eigenvalue weighted by molar-refractivity contribution is -0.181. The number of aryl methyl sites for hydroxylation is 3. The van der Waals surface area contributed by atoms with E-state index in [4.69, 9.17) is 0 Å². The molecule has 0 saturated heterocycles. The van der Waals surface area contributed by atoms with Crippen LogP contribution in [0.1, 0.15) is 42.0 Å². The van der Waals surface area contributed by atoms with E-state index in [1.54, 1.807) is 36.4 Å². The molecule has 31 heavy (non-hydrogen) atoms. The van der Waals surface area contributed by atoms with Gasteiger partial charge in [0.1, 0.15) is 11.6 Å². The van der Waals surface area contributed by atoms with Gasteiger partial charge in [0.25, 0.3) is 6.43 Å². The van der Waals surface area contributed by atoms with E-state index in [0.717, 1.165) is 23.6 Å². The quantitative estimate of drug-likeness (QED) is 0.327. The molecule has 0 aliphatic rings.